The Morgan fingerprint density at radius 3 is 2.31 bits per heavy atom. The Hall–Kier alpha value is -0.950. The van der Waals surface area contributed by atoms with Gasteiger partial charge in [-0.3, -0.25) is 0 Å². The van der Waals surface area contributed by atoms with Crippen LogP contribution in [-0.2, 0) is 6.18 Å². The topological polar surface area (TPSA) is 0 Å². The van der Waals surface area contributed by atoms with Crippen molar-refractivity contribution in [2.45, 2.75) is 6.18 Å². The molecule has 0 saturated carbocycles. The van der Waals surface area contributed by atoms with Gasteiger partial charge in [-0.05, 0) is 18.2 Å². The van der Waals surface area contributed by atoms with Gasteiger partial charge in [-0.15, -0.1) is 6.42 Å². The molecule has 4 heteroatoms. The second-order valence-corrected chi connectivity index (χ2v) is 3.19. The van der Waals surface area contributed by atoms with Gasteiger partial charge >= 0.3 is 6.18 Å². The Kier molecular flexibility index (Phi) is 2.67. The van der Waals surface area contributed by atoms with Crippen LogP contribution in [0, 0.1) is 12.3 Å². The van der Waals surface area contributed by atoms with E-state index in [2.05, 4.69) is 21.9 Å². The third-order valence-corrected chi connectivity index (χ3v) is 2.10. The molecule has 0 aliphatic heterocycles. The van der Waals surface area contributed by atoms with Crippen molar-refractivity contribution in [3.05, 3.63) is 33.8 Å². The number of benzene rings is 1. The van der Waals surface area contributed by atoms with Crippen molar-refractivity contribution in [1.82, 2.24) is 0 Å². The first-order chi connectivity index (χ1) is 5.95. The van der Waals surface area contributed by atoms with Gasteiger partial charge in [-0.25, -0.2) is 0 Å². The molecule has 1 aromatic carbocycles. The van der Waals surface area contributed by atoms with Gasteiger partial charge < -0.3 is 0 Å². The van der Waals surface area contributed by atoms with Crippen molar-refractivity contribution in [2.24, 2.45) is 0 Å². The lowest BCUT2D eigenvalue weighted by Gasteiger charge is -2.08. The van der Waals surface area contributed by atoms with Gasteiger partial charge in [0, 0.05) is 10.0 Å². The van der Waals surface area contributed by atoms with E-state index in [1.165, 1.54) is 12.1 Å². The third-order valence-electron chi connectivity index (χ3n) is 1.44. The maximum Gasteiger partial charge on any atom is 0.417 e. The first-order valence-electron chi connectivity index (χ1n) is 3.28. The standard InChI is InChI=1S/C9H4BrF3/c1-2-6-3-4-7(8(10)5-6)9(11,12)13/h1,3-5H. The summed E-state index contributed by atoms with van der Waals surface area (Å²) in [5.41, 5.74) is -0.300. The van der Waals surface area contributed by atoms with Crippen LogP contribution in [0.4, 0.5) is 13.2 Å². The third kappa shape index (κ3) is 2.25. The molecule has 1 aromatic rings. The van der Waals surface area contributed by atoms with Gasteiger partial charge in [0.05, 0.1) is 5.56 Å². The number of halogens is 4. The molecule has 1 rings (SSSR count). The minimum atomic E-state index is -4.34. The van der Waals surface area contributed by atoms with Gasteiger partial charge in [0.2, 0.25) is 0 Å². The highest BCUT2D eigenvalue weighted by Gasteiger charge is 2.32. The number of hydrogen-bond acceptors (Lipinski definition) is 0. The van der Waals surface area contributed by atoms with Crippen LogP contribution in [-0.4, -0.2) is 0 Å². The van der Waals surface area contributed by atoms with Gasteiger partial charge in [0.15, 0.2) is 0 Å². The SMILES string of the molecule is C#Cc1ccc(C(F)(F)F)c(Br)c1. The lowest BCUT2D eigenvalue weighted by atomic mass is 10.1. The molecule has 13 heavy (non-hydrogen) atoms. The summed E-state index contributed by atoms with van der Waals surface area (Å²) in [7, 11) is 0. The monoisotopic (exact) mass is 248 g/mol. The minimum absolute atomic E-state index is 0.0320. The second-order valence-electron chi connectivity index (χ2n) is 2.34. The zero-order valence-electron chi connectivity index (χ0n) is 6.32. The minimum Gasteiger partial charge on any atom is -0.166 e. The molecule has 0 unspecified atom stereocenters. The van der Waals surface area contributed by atoms with Crippen LogP contribution in [0.15, 0.2) is 22.7 Å². The highest BCUT2D eigenvalue weighted by atomic mass is 79.9. The number of rotatable bonds is 0. The average Bonchev–Trinajstić information content (AvgIpc) is 2.01. The molecule has 0 aromatic heterocycles. The van der Waals surface area contributed by atoms with Crippen LogP contribution in [0.1, 0.15) is 11.1 Å². The Bertz CT molecular complexity index is 360. The molecule has 0 atom stereocenters. The highest BCUT2D eigenvalue weighted by Crippen LogP contribution is 2.34. The summed E-state index contributed by atoms with van der Waals surface area (Å²) in [6.07, 6.45) is 0.684. The van der Waals surface area contributed by atoms with E-state index in [1.807, 2.05) is 0 Å². The summed E-state index contributed by atoms with van der Waals surface area (Å²) in [6.45, 7) is 0. The van der Waals surface area contributed by atoms with Gasteiger partial charge in [-0.1, -0.05) is 21.9 Å². The molecule has 0 bridgehead atoms. The molecule has 0 saturated heterocycles. The largest absolute Gasteiger partial charge is 0.417 e. The van der Waals surface area contributed by atoms with Crippen molar-refractivity contribution in [1.29, 1.82) is 0 Å². The fraction of sp³-hybridized carbons (Fsp3) is 0.111. The Labute approximate surface area is 81.9 Å². The van der Waals surface area contributed by atoms with E-state index in [0.717, 1.165) is 6.07 Å². The summed E-state index contributed by atoms with van der Waals surface area (Å²) >= 11 is 2.81. The van der Waals surface area contributed by atoms with E-state index in [-0.39, 0.29) is 4.47 Å². The maximum atomic E-state index is 12.2. The molecule has 0 radical (unpaired) electrons. The zero-order valence-corrected chi connectivity index (χ0v) is 7.91. The summed E-state index contributed by atoms with van der Waals surface area (Å²) in [5, 5.41) is 0. The van der Waals surface area contributed by atoms with Crippen molar-refractivity contribution in [3.8, 4) is 12.3 Å². The van der Waals surface area contributed by atoms with Gasteiger partial charge in [0.25, 0.3) is 0 Å². The maximum absolute atomic E-state index is 12.2. The predicted molar refractivity (Wildman–Crippen MR) is 47.1 cm³/mol. The van der Waals surface area contributed by atoms with E-state index in [1.54, 1.807) is 0 Å². The fourth-order valence-electron chi connectivity index (χ4n) is 0.835. The molecule has 0 spiro atoms. The molecular weight excluding hydrogens is 245 g/mol. The van der Waals surface area contributed by atoms with Crippen LogP contribution in [0.25, 0.3) is 0 Å². The van der Waals surface area contributed by atoms with E-state index in [4.69, 9.17) is 6.42 Å². The normalized spacial score (nSPS) is 11.0. The average molecular weight is 249 g/mol. The molecule has 68 valence electrons. The molecule has 0 amide bonds. The number of hydrogen-bond donors (Lipinski definition) is 0. The van der Waals surface area contributed by atoms with Crippen molar-refractivity contribution in [2.75, 3.05) is 0 Å². The number of terminal acetylenes is 1. The molecule has 0 heterocycles. The summed E-state index contributed by atoms with van der Waals surface area (Å²) < 4.78 is 36.6. The molecule has 0 N–H and O–H groups in total. The highest BCUT2D eigenvalue weighted by molar-refractivity contribution is 9.10. The van der Waals surface area contributed by atoms with Crippen molar-refractivity contribution >= 4 is 15.9 Å². The van der Waals surface area contributed by atoms with Gasteiger partial charge in [0.1, 0.15) is 0 Å². The van der Waals surface area contributed by atoms with E-state index in [9.17, 15) is 13.2 Å². The lowest BCUT2D eigenvalue weighted by Crippen LogP contribution is -2.05. The molecular formula is C9H4BrF3. The van der Waals surface area contributed by atoms with E-state index < -0.39 is 11.7 Å². The van der Waals surface area contributed by atoms with Crippen molar-refractivity contribution in [3.63, 3.8) is 0 Å². The molecule has 0 aliphatic rings. The zero-order chi connectivity index (χ0) is 10.1. The summed E-state index contributed by atoms with van der Waals surface area (Å²) in [4.78, 5) is 0. The predicted octanol–water partition coefficient (Wildman–Crippen LogP) is 3.45. The van der Waals surface area contributed by atoms with Gasteiger partial charge in [-0.2, -0.15) is 13.2 Å². The molecule has 0 aliphatic carbocycles. The van der Waals surface area contributed by atoms with Crippen LogP contribution >= 0.6 is 15.9 Å². The lowest BCUT2D eigenvalue weighted by molar-refractivity contribution is -0.138. The first-order valence-corrected chi connectivity index (χ1v) is 4.08. The molecule has 0 nitrogen and oxygen atoms in total. The van der Waals surface area contributed by atoms with Crippen LogP contribution in [0.2, 0.25) is 0 Å². The Balaban J connectivity index is 3.23. The van der Waals surface area contributed by atoms with Crippen LogP contribution in [0.3, 0.4) is 0 Å². The fourth-order valence-corrected chi connectivity index (χ4v) is 1.44. The Morgan fingerprint density at radius 2 is 1.92 bits per heavy atom. The second kappa shape index (κ2) is 3.43. The molecule has 0 fully saturated rings. The summed E-state index contributed by atoms with van der Waals surface area (Å²) in [6, 6.07) is 3.48. The summed E-state index contributed by atoms with van der Waals surface area (Å²) in [5.74, 6) is 2.25. The Morgan fingerprint density at radius 1 is 1.31 bits per heavy atom. The quantitative estimate of drug-likeness (QED) is 0.618. The van der Waals surface area contributed by atoms with Crippen molar-refractivity contribution < 1.29 is 13.2 Å². The van der Waals surface area contributed by atoms with Crippen LogP contribution in [0.5, 0.6) is 0 Å². The van der Waals surface area contributed by atoms with E-state index in [0.29, 0.717) is 5.56 Å². The first kappa shape index (κ1) is 10.1. The number of alkyl halides is 3. The van der Waals surface area contributed by atoms with E-state index >= 15 is 0 Å². The smallest absolute Gasteiger partial charge is 0.166 e. The van der Waals surface area contributed by atoms with Crippen LogP contribution < -0.4 is 0 Å².